The summed E-state index contributed by atoms with van der Waals surface area (Å²) >= 11 is 0. The number of hydrogen-bond acceptors (Lipinski definition) is 2. The first kappa shape index (κ1) is 14.2. The van der Waals surface area contributed by atoms with Gasteiger partial charge in [0.25, 0.3) is 0 Å². The second kappa shape index (κ2) is 4.69. The van der Waals surface area contributed by atoms with E-state index in [1.807, 2.05) is 0 Å². The molecule has 0 bridgehead atoms. The van der Waals surface area contributed by atoms with E-state index >= 15 is 0 Å². The first-order valence-corrected chi connectivity index (χ1v) is 6.99. The molecule has 1 saturated carbocycles. The monoisotopic (exact) mass is 264 g/mol. The summed E-state index contributed by atoms with van der Waals surface area (Å²) in [5.41, 5.74) is 7.20. The molecular formula is C16H25FN2. The SMILES string of the molecule is CC1(C)CC(Nc2ccc(N)cc2F)CC(C)(C)C1. The van der Waals surface area contributed by atoms with Crippen molar-refractivity contribution >= 4 is 11.4 Å². The second-order valence-corrected chi connectivity index (χ2v) is 7.49. The molecule has 1 aromatic rings. The fraction of sp³-hybridized carbons (Fsp3) is 0.625. The van der Waals surface area contributed by atoms with Crippen LogP contribution >= 0.6 is 0 Å². The lowest BCUT2D eigenvalue weighted by Gasteiger charge is -2.45. The average molecular weight is 264 g/mol. The van der Waals surface area contributed by atoms with Gasteiger partial charge in [0.2, 0.25) is 0 Å². The molecule has 1 aliphatic rings. The molecule has 1 aliphatic carbocycles. The lowest BCUT2D eigenvalue weighted by molar-refractivity contribution is 0.105. The van der Waals surface area contributed by atoms with Crippen molar-refractivity contribution in [3.8, 4) is 0 Å². The Morgan fingerprint density at radius 3 is 2.26 bits per heavy atom. The Kier molecular flexibility index (Phi) is 3.50. The third-order valence-corrected chi connectivity index (χ3v) is 3.91. The Bertz CT molecular complexity index is 450. The molecule has 0 amide bonds. The van der Waals surface area contributed by atoms with Gasteiger partial charge in [0, 0.05) is 11.7 Å². The highest BCUT2D eigenvalue weighted by atomic mass is 19.1. The Balaban J connectivity index is 2.14. The maximum Gasteiger partial charge on any atom is 0.148 e. The first-order valence-electron chi connectivity index (χ1n) is 6.99. The molecule has 0 atom stereocenters. The molecular weight excluding hydrogens is 239 g/mol. The molecule has 3 heteroatoms. The summed E-state index contributed by atoms with van der Waals surface area (Å²) < 4.78 is 13.8. The van der Waals surface area contributed by atoms with Crippen LogP contribution in [0.5, 0.6) is 0 Å². The molecule has 0 aliphatic heterocycles. The zero-order valence-corrected chi connectivity index (χ0v) is 12.4. The van der Waals surface area contributed by atoms with E-state index in [2.05, 4.69) is 33.0 Å². The van der Waals surface area contributed by atoms with Gasteiger partial charge < -0.3 is 11.1 Å². The van der Waals surface area contributed by atoms with Crippen LogP contribution in [0.2, 0.25) is 0 Å². The molecule has 2 nitrogen and oxygen atoms in total. The van der Waals surface area contributed by atoms with Crippen molar-refractivity contribution in [2.24, 2.45) is 10.8 Å². The topological polar surface area (TPSA) is 38.0 Å². The maximum absolute atomic E-state index is 13.8. The van der Waals surface area contributed by atoms with Crippen molar-refractivity contribution < 1.29 is 4.39 Å². The van der Waals surface area contributed by atoms with Crippen LogP contribution in [0.4, 0.5) is 15.8 Å². The second-order valence-electron chi connectivity index (χ2n) is 7.49. The van der Waals surface area contributed by atoms with Gasteiger partial charge in [-0.25, -0.2) is 4.39 Å². The van der Waals surface area contributed by atoms with Crippen LogP contribution in [-0.2, 0) is 0 Å². The van der Waals surface area contributed by atoms with Crippen molar-refractivity contribution in [2.75, 3.05) is 11.1 Å². The van der Waals surface area contributed by atoms with E-state index in [4.69, 9.17) is 5.73 Å². The van der Waals surface area contributed by atoms with Crippen LogP contribution in [0, 0.1) is 16.6 Å². The molecule has 19 heavy (non-hydrogen) atoms. The van der Waals surface area contributed by atoms with E-state index in [0.29, 0.717) is 28.2 Å². The molecule has 0 radical (unpaired) electrons. The summed E-state index contributed by atoms with van der Waals surface area (Å²) in [6, 6.07) is 5.17. The number of benzene rings is 1. The van der Waals surface area contributed by atoms with Gasteiger partial charge >= 0.3 is 0 Å². The first-order chi connectivity index (χ1) is 8.67. The van der Waals surface area contributed by atoms with Crippen molar-refractivity contribution in [1.82, 2.24) is 0 Å². The fourth-order valence-electron chi connectivity index (χ4n) is 3.82. The molecule has 106 valence electrons. The van der Waals surface area contributed by atoms with Gasteiger partial charge in [0.05, 0.1) is 5.69 Å². The summed E-state index contributed by atoms with van der Waals surface area (Å²) in [6.45, 7) is 9.17. The number of rotatable bonds is 2. The van der Waals surface area contributed by atoms with Crippen molar-refractivity contribution in [3.63, 3.8) is 0 Å². The van der Waals surface area contributed by atoms with Gasteiger partial charge in [0.15, 0.2) is 0 Å². The van der Waals surface area contributed by atoms with Crippen molar-refractivity contribution in [2.45, 2.75) is 53.0 Å². The van der Waals surface area contributed by atoms with Crippen LogP contribution in [-0.4, -0.2) is 6.04 Å². The molecule has 0 saturated heterocycles. The van der Waals surface area contributed by atoms with Crippen LogP contribution in [0.1, 0.15) is 47.0 Å². The van der Waals surface area contributed by atoms with Crippen LogP contribution in [0.15, 0.2) is 18.2 Å². The molecule has 2 rings (SSSR count). The lowest BCUT2D eigenvalue weighted by atomic mass is 9.63. The molecule has 0 heterocycles. The number of hydrogen-bond donors (Lipinski definition) is 2. The van der Waals surface area contributed by atoms with E-state index in [-0.39, 0.29) is 5.82 Å². The third-order valence-electron chi connectivity index (χ3n) is 3.91. The molecule has 0 spiro atoms. The number of nitrogens with two attached hydrogens (primary N) is 1. The highest BCUT2D eigenvalue weighted by Crippen LogP contribution is 2.46. The molecule has 0 aromatic heterocycles. The van der Waals surface area contributed by atoms with E-state index < -0.39 is 0 Å². The number of anilines is 2. The van der Waals surface area contributed by atoms with Gasteiger partial charge in [-0.3, -0.25) is 0 Å². The minimum absolute atomic E-state index is 0.263. The smallest absolute Gasteiger partial charge is 0.148 e. The maximum atomic E-state index is 13.8. The van der Waals surface area contributed by atoms with Gasteiger partial charge in [-0.15, -0.1) is 0 Å². The zero-order chi connectivity index (χ0) is 14.3. The third kappa shape index (κ3) is 3.62. The molecule has 0 unspecified atom stereocenters. The van der Waals surface area contributed by atoms with Crippen LogP contribution < -0.4 is 11.1 Å². The summed E-state index contributed by atoms with van der Waals surface area (Å²) in [4.78, 5) is 0. The predicted octanol–water partition coefficient (Wildman–Crippen LogP) is 4.42. The van der Waals surface area contributed by atoms with E-state index in [1.165, 1.54) is 12.5 Å². The van der Waals surface area contributed by atoms with E-state index in [0.717, 1.165) is 12.8 Å². The number of nitrogens with one attached hydrogen (secondary N) is 1. The Morgan fingerprint density at radius 2 is 1.74 bits per heavy atom. The largest absolute Gasteiger partial charge is 0.399 e. The van der Waals surface area contributed by atoms with Gasteiger partial charge in [-0.2, -0.15) is 0 Å². The Morgan fingerprint density at radius 1 is 1.16 bits per heavy atom. The number of nitrogen functional groups attached to an aromatic ring is 1. The summed E-state index contributed by atoms with van der Waals surface area (Å²) in [5.74, 6) is -0.263. The zero-order valence-electron chi connectivity index (χ0n) is 12.4. The van der Waals surface area contributed by atoms with Gasteiger partial charge in [0.1, 0.15) is 5.82 Å². The fourth-order valence-corrected chi connectivity index (χ4v) is 3.82. The standard InChI is InChI=1S/C16H25FN2/c1-15(2)8-12(9-16(3,4)10-15)19-14-6-5-11(18)7-13(14)17/h5-7,12,19H,8-10,18H2,1-4H3. The summed E-state index contributed by atoms with van der Waals surface area (Å²) in [6.07, 6.45) is 3.35. The Hall–Kier alpha value is -1.25. The summed E-state index contributed by atoms with van der Waals surface area (Å²) in [5, 5.41) is 3.36. The summed E-state index contributed by atoms with van der Waals surface area (Å²) in [7, 11) is 0. The normalized spacial score (nSPS) is 22.2. The minimum atomic E-state index is -0.263. The highest BCUT2D eigenvalue weighted by Gasteiger charge is 2.38. The molecule has 1 fully saturated rings. The lowest BCUT2D eigenvalue weighted by Crippen LogP contribution is -2.40. The molecule has 3 N–H and O–H groups in total. The average Bonchev–Trinajstić information content (AvgIpc) is 2.17. The van der Waals surface area contributed by atoms with Crippen molar-refractivity contribution in [1.29, 1.82) is 0 Å². The van der Waals surface area contributed by atoms with Crippen molar-refractivity contribution in [3.05, 3.63) is 24.0 Å². The van der Waals surface area contributed by atoms with Crippen LogP contribution in [0.3, 0.4) is 0 Å². The Labute approximate surface area is 115 Å². The quantitative estimate of drug-likeness (QED) is 0.776. The predicted molar refractivity (Wildman–Crippen MR) is 79.6 cm³/mol. The molecule has 1 aromatic carbocycles. The van der Waals surface area contributed by atoms with Gasteiger partial charge in [-0.05, 0) is 48.3 Å². The van der Waals surface area contributed by atoms with E-state index in [9.17, 15) is 4.39 Å². The minimum Gasteiger partial charge on any atom is -0.399 e. The van der Waals surface area contributed by atoms with Gasteiger partial charge in [-0.1, -0.05) is 27.7 Å². The highest BCUT2D eigenvalue weighted by molar-refractivity contribution is 5.53. The van der Waals surface area contributed by atoms with Crippen LogP contribution in [0.25, 0.3) is 0 Å². The van der Waals surface area contributed by atoms with E-state index in [1.54, 1.807) is 12.1 Å². The number of halogens is 1.